The fourth-order valence-electron chi connectivity index (χ4n) is 1.87. The second-order valence-electron chi connectivity index (χ2n) is 3.65. The molecule has 1 aromatic rings. The van der Waals surface area contributed by atoms with Gasteiger partial charge in [0.05, 0.1) is 6.61 Å². The fraction of sp³-hybridized carbons (Fsp3) is 0.455. The van der Waals surface area contributed by atoms with E-state index in [1.54, 1.807) is 7.11 Å². The van der Waals surface area contributed by atoms with Crippen molar-refractivity contribution in [2.24, 2.45) is 0 Å². The van der Waals surface area contributed by atoms with Crippen LogP contribution in [0.2, 0.25) is 5.02 Å². The van der Waals surface area contributed by atoms with Crippen LogP contribution in [0.25, 0.3) is 0 Å². The van der Waals surface area contributed by atoms with Crippen molar-refractivity contribution in [2.75, 3.05) is 13.7 Å². The number of fused-ring (bicyclic) bond motifs is 1. The minimum Gasteiger partial charge on any atom is -0.383 e. The maximum Gasteiger partial charge on any atom is 0.0619 e. The Morgan fingerprint density at radius 1 is 1.50 bits per heavy atom. The molecule has 1 aliphatic heterocycles. The van der Waals surface area contributed by atoms with Crippen LogP contribution >= 0.6 is 11.6 Å². The van der Waals surface area contributed by atoms with Crippen LogP contribution in [0.3, 0.4) is 0 Å². The molecule has 0 aromatic heterocycles. The van der Waals surface area contributed by atoms with Crippen molar-refractivity contribution < 1.29 is 4.74 Å². The average Bonchev–Trinajstić information content (AvgIpc) is 2.17. The van der Waals surface area contributed by atoms with Crippen LogP contribution in [0.4, 0.5) is 0 Å². The first kappa shape index (κ1) is 9.97. The van der Waals surface area contributed by atoms with E-state index < -0.39 is 0 Å². The lowest BCUT2D eigenvalue weighted by atomic mass is 9.96. The lowest BCUT2D eigenvalue weighted by Crippen LogP contribution is -2.38. The number of hydrogen-bond acceptors (Lipinski definition) is 2. The number of benzene rings is 1. The van der Waals surface area contributed by atoms with Crippen molar-refractivity contribution in [1.82, 2.24) is 5.32 Å². The molecule has 0 aliphatic carbocycles. The van der Waals surface area contributed by atoms with Crippen LogP contribution in [0.15, 0.2) is 18.2 Å². The predicted molar refractivity (Wildman–Crippen MR) is 57.7 cm³/mol. The molecule has 14 heavy (non-hydrogen) atoms. The summed E-state index contributed by atoms with van der Waals surface area (Å²) in [6, 6.07) is 6.51. The molecule has 1 aromatic carbocycles. The molecule has 1 N–H and O–H groups in total. The molecular formula is C11H14ClNO. The van der Waals surface area contributed by atoms with Gasteiger partial charge in [-0.25, -0.2) is 0 Å². The van der Waals surface area contributed by atoms with E-state index in [-0.39, 0.29) is 0 Å². The van der Waals surface area contributed by atoms with Gasteiger partial charge in [-0.2, -0.15) is 0 Å². The summed E-state index contributed by atoms with van der Waals surface area (Å²) in [5, 5.41) is 4.25. The minimum absolute atomic E-state index is 0.422. The van der Waals surface area contributed by atoms with Crippen molar-refractivity contribution in [3.05, 3.63) is 34.3 Å². The Bertz CT molecular complexity index is 327. The number of hydrogen-bond donors (Lipinski definition) is 1. The summed E-state index contributed by atoms with van der Waals surface area (Å²) in [4.78, 5) is 0. The van der Waals surface area contributed by atoms with Gasteiger partial charge >= 0.3 is 0 Å². The Morgan fingerprint density at radius 3 is 3.14 bits per heavy atom. The molecule has 1 aliphatic rings. The summed E-state index contributed by atoms with van der Waals surface area (Å²) in [7, 11) is 1.73. The van der Waals surface area contributed by atoms with Gasteiger partial charge in [0.2, 0.25) is 0 Å². The molecule has 0 fully saturated rings. The molecule has 0 radical (unpaired) electrons. The average molecular weight is 212 g/mol. The van der Waals surface area contributed by atoms with E-state index in [2.05, 4.69) is 17.4 Å². The molecule has 1 atom stereocenters. The van der Waals surface area contributed by atoms with Gasteiger partial charge in [-0.3, -0.25) is 0 Å². The first-order valence-corrected chi connectivity index (χ1v) is 5.17. The smallest absolute Gasteiger partial charge is 0.0619 e. The molecule has 1 unspecified atom stereocenters. The van der Waals surface area contributed by atoms with Gasteiger partial charge in [0.1, 0.15) is 0 Å². The van der Waals surface area contributed by atoms with E-state index in [0.717, 1.165) is 24.6 Å². The number of halogens is 1. The molecule has 1 heterocycles. The second-order valence-corrected chi connectivity index (χ2v) is 4.09. The number of methoxy groups -OCH3 is 1. The first-order chi connectivity index (χ1) is 6.79. The zero-order valence-electron chi connectivity index (χ0n) is 8.22. The third-order valence-electron chi connectivity index (χ3n) is 2.58. The topological polar surface area (TPSA) is 21.3 Å². The largest absolute Gasteiger partial charge is 0.383 e. The quantitative estimate of drug-likeness (QED) is 0.808. The SMILES string of the molecule is COCC1Cc2cc(Cl)ccc2CN1. The Labute approximate surface area is 89.2 Å². The fourth-order valence-corrected chi connectivity index (χ4v) is 2.06. The zero-order chi connectivity index (χ0) is 9.97. The van der Waals surface area contributed by atoms with Crippen LogP contribution < -0.4 is 5.32 Å². The predicted octanol–water partition coefficient (Wildman–Crippen LogP) is 2.00. The Hall–Kier alpha value is -0.570. The Balaban J connectivity index is 2.16. The van der Waals surface area contributed by atoms with Crippen molar-refractivity contribution >= 4 is 11.6 Å². The van der Waals surface area contributed by atoms with Crippen LogP contribution in [0.5, 0.6) is 0 Å². The summed E-state index contributed by atoms with van der Waals surface area (Å²) >= 11 is 5.95. The minimum atomic E-state index is 0.422. The van der Waals surface area contributed by atoms with Crippen LogP contribution in [-0.2, 0) is 17.7 Å². The van der Waals surface area contributed by atoms with Gasteiger partial charge in [0.15, 0.2) is 0 Å². The van der Waals surface area contributed by atoms with Crippen molar-refractivity contribution in [3.8, 4) is 0 Å². The molecule has 0 amide bonds. The van der Waals surface area contributed by atoms with Gasteiger partial charge in [-0.15, -0.1) is 0 Å². The van der Waals surface area contributed by atoms with E-state index in [9.17, 15) is 0 Å². The van der Waals surface area contributed by atoms with Gasteiger partial charge in [0, 0.05) is 24.7 Å². The second kappa shape index (κ2) is 4.30. The van der Waals surface area contributed by atoms with E-state index in [1.807, 2.05) is 6.07 Å². The maximum absolute atomic E-state index is 5.95. The van der Waals surface area contributed by atoms with Crippen LogP contribution in [0.1, 0.15) is 11.1 Å². The zero-order valence-corrected chi connectivity index (χ0v) is 8.97. The standard InChI is InChI=1S/C11H14ClNO/c1-14-7-11-5-9-4-10(12)3-2-8(9)6-13-11/h2-4,11,13H,5-7H2,1H3. The summed E-state index contributed by atoms with van der Waals surface area (Å²) in [5.74, 6) is 0. The number of rotatable bonds is 2. The highest BCUT2D eigenvalue weighted by atomic mass is 35.5. The highest BCUT2D eigenvalue weighted by Crippen LogP contribution is 2.20. The van der Waals surface area contributed by atoms with Crippen LogP contribution in [-0.4, -0.2) is 19.8 Å². The van der Waals surface area contributed by atoms with E-state index in [4.69, 9.17) is 16.3 Å². The van der Waals surface area contributed by atoms with Gasteiger partial charge < -0.3 is 10.1 Å². The lowest BCUT2D eigenvalue weighted by molar-refractivity contribution is 0.162. The molecule has 0 bridgehead atoms. The summed E-state index contributed by atoms with van der Waals surface area (Å²) < 4.78 is 5.13. The third-order valence-corrected chi connectivity index (χ3v) is 2.82. The molecular weight excluding hydrogens is 198 g/mol. The molecule has 0 spiro atoms. The van der Waals surface area contributed by atoms with Gasteiger partial charge in [-0.1, -0.05) is 17.7 Å². The molecule has 76 valence electrons. The Morgan fingerprint density at radius 2 is 2.36 bits per heavy atom. The highest BCUT2D eigenvalue weighted by Gasteiger charge is 2.17. The summed E-state index contributed by atoms with van der Waals surface area (Å²) in [6.45, 7) is 1.67. The highest BCUT2D eigenvalue weighted by molar-refractivity contribution is 6.30. The lowest BCUT2D eigenvalue weighted by Gasteiger charge is -2.25. The van der Waals surface area contributed by atoms with Crippen LogP contribution in [0, 0.1) is 0 Å². The van der Waals surface area contributed by atoms with Crippen molar-refractivity contribution in [3.63, 3.8) is 0 Å². The van der Waals surface area contributed by atoms with E-state index in [1.165, 1.54) is 11.1 Å². The Kier molecular flexibility index (Phi) is 3.06. The molecule has 0 saturated heterocycles. The molecule has 0 saturated carbocycles. The molecule has 2 nitrogen and oxygen atoms in total. The number of nitrogens with one attached hydrogen (secondary N) is 1. The third kappa shape index (κ3) is 2.08. The monoisotopic (exact) mass is 211 g/mol. The maximum atomic E-state index is 5.95. The van der Waals surface area contributed by atoms with Crippen molar-refractivity contribution in [1.29, 1.82) is 0 Å². The summed E-state index contributed by atoms with van der Waals surface area (Å²) in [6.07, 6.45) is 1.00. The van der Waals surface area contributed by atoms with E-state index >= 15 is 0 Å². The van der Waals surface area contributed by atoms with Crippen molar-refractivity contribution in [2.45, 2.75) is 19.0 Å². The summed E-state index contributed by atoms with van der Waals surface area (Å²) in [5.41, 5.74) is 2.69. The van der Waals surface area contributed by atoms with Gasteiger partial charge in [0.25, 0.3) is 0 Å². The first-order valence-electron chi connectivity index (χ1n) is 4.79. The number of ether oxygens (including phenoxy) is 1. The van der Waals surface area contributed by atoms with E-state index in [0.29, 0.717) is 6.04 Å². The normalized spacial score (nSPS) is 20.6. The van der Waals surface area contributed by atoms with Gasteiger partial charge in [-0.05, 0) is 29.7 Å². The molecule has 2 rings (SSSR count). The molecule has 3 heteroatoms.